The van der Waals surface area contributed by atoms with Crippen molar-refractivity contribution in [3.63, 3.8) is 0 Å². The maximum atomic E-state index is 5.75. The van der Waals surface area contributed by atoms with Gasteiger partial charge in [0.25, 0.3) is 0 Å². The van der Waals surface area contributed by atoms with E-state index in [1.165, 1.54) is 21.9 Å². The fourth-order valence-corrected chi connectivity index (χ4v) is 2.10. The molecule has 0 aliphatic heterocycles. The molecule has 0 aliphatic carbocycles. The van der Waals surface area contributed by atoms with Crippen LogP contribution in [-0.4, -0.2) is 6.54 Å². The van der Waals surface area contributed by atoms with Crippen molar-refractivity contribution in [2.45, 2.75) is 19.8 Å². The summed E-state index contributed by atoms with van der Waals surface area (Å²) in [6.07, 6.45) is 0. The van der Waals surface area contributed by atoms with E-state index in [2.05, 4.69) is 50.2 Å². The summed E-state index contributed by atoms with van der Waals surface area (Å²) in [5.41, 5.74) is 8.45. The molecule has 2 N–H and O–H groups in total. The molecule has 2 rings (SSSR count). The molecule has 1 unspecified atom stereocenters. The molecule has 1 nitrogen and oxygen atoms in total. The molecule has 0 spiro atoms. The van der Waals surface area contributed by atoms with Gasteiger partial charge in [-0.05, 0) is 41.3 Å². The zero-order chi connectivity index (χ0) is 10.8. The SMILES string of the molecule is Cc1cccc2cccc(C(C)CN)c12. The number of benzene rings is 2. The van der Waals surface area contributed by atoms with Crippen LogP contribution >= 0.6 is 0 Å². The molecule has 0 saturated heterocycles. The van der Waals surface area contributed by atoms with Gasteiger partial charge < -0.3 is 5.73 Å². The molecule has 0 aromatic heterocycles. The lowest BCUT2D eigenvalue weighted by Crippen LogP contribution is -2.09. The van der Waals surface area contributed by atoms with Gasteiger partial charge in [0.2, 0.25) is 0 Å². The molecular weight excluding hydrogens is 182 g/mol. The van der Waals surface area contributed by atoms with E-state index in [0.29, 0.717) is 12.5 Å². The van der Waals surface area contributed by atoms with Gasteiger partial charge in [0.15, 0.2) is 0 Å². The van der Waals surface area contributed by atoms with Crippen molar-refractivity contribution in [1.29, 1.82) is 0 Å². The molecule has 0 saturated carbocycles. The van der Waals surface area contributed by atoms with Crippen molar-refractivity contribution in [3.05, 3.63) is 47.5 Å². The van der Waals surface area contributed by atoms with E-state index < -0.39 is 0 Å². The molecule has 2 aromatic carbocycles. The maximum absolute atomic E-state index is 5.75. The minimum Gasteiger partial charge on any atom is -0.330 e. The van der Waals surface area contributed by atoms with Crippen LogP contribution in [0.1, 0.15) is 24.0 Å². The van der Waals surface area contributed by atoms with Gasteiger partial charge in [-0.25, -0.2) is 0 Å². The predicted molar refractivity (Wildman–Crippen MR) is 66.2 cm³/mol. The minimum atomic E-state index is 0.426. The second-order valence-electron chi connectivity index (χ2n) is 4.16. The van der Waals surface area contributed by atoms with Crippen LogP contribution in [0.3, 0.4) is 0 Å². The summed E-state index contributed by atoms with van der Waals surface area (Å²) in [4.78, 5) is 0. The van der Waals surface area contributed by atoms with Crippen molar-refractivity contribution in [1.82, 2.24) is 0 Å². The van der Waals surface area contributed by atoms with E-state index in [1.807, 2.05) is 0 Å². The number of rotatable bonds is 2. The molecule has 0 radical (unpaired) electrons. The van der Waals surface area contributed by atoms with E-state index in [9.17, 15) is 0 Å². The van der Waals surface area contributed by atoms with E-state index in [0.717, 1.165) is 0 Å². The van der Waals surface area contributed by atoms with Crippen LogP contribution in [-0.2, 0) is 0 Å². The van der Waals surface area contributed by atoms with E-state index >= 15 is 0 Å². The predicted octanol–water partition coefficient (Wildman–Crippen LogP) is 3.21. The quantitative estimate of drug-likeness (QED) is 0.789. The first-order valence-electron chi connectivity index (χ1n) is 5.42. The topological polar surface area (TPSA) is 26.0 Å². The Morgan fingerprint density at radius 2 is 1.80 bits per heavy atom. The molecule has 0 fully saturated rings. The lowest BCUT2D eigenvalue weighted by Gasteiger charge is -2.14. The average Bonchev–Trinajstić information content (AvgIpc) is 2.28. The number of fused-ring (bicyclic) bond motifs is 1. The van der Waals surface area contributed by atoms with E-state index in [4.69, 9.17) is 5.73 Å². The van der Waals surface area contributed by atoms with Crippen LogP contribution in [0.2, 0.25) is 0 Å². The summed E-state index contributed by atoms with van der Waals surface area (Å²) in [6, 6.07) is 12.9. The summed E-state index contributed by atoms with van der Waals surface area (Å²) in [5, 5.41) is 2.69. The molecule has 0 bridgehead atoms. The van der Waals surface area contributed by atoms with Gasteiger partial charge in [-0.15, -0.1) is 0 Å². The van der Waals surface area contributed by atoms with Crippen molar-refractivity contribution in [2.75, 3.05) is 6.54 Å². The van der Waals surface area contributed by atoms with Crippen LogP contribution in [0.4, 0.5) is 0 Å². The van der Waals surface area contributed by atoms with Gasteiger partial charge in [0.1, 0.15) is 0 Å². The molecule has 15 heavy (non-hydrogen) atoms. The Hall–Kier alpha value is -1.34. The molecule has 78 valence electrons. The first kappa shape index (κ1) is 10.2. The summed E-state index contributed by atoms with van der Waals surface area (Å²) in [6.45, 7) is 5.05. The lowest BCUT2D eigenvalue weighted by molar-refractivity contribution is 0.780. The third-order valence-corrected chi connectivity index (χ3v) is 3.03. The highest BCUT2D eigenvalue weighted by atomic mass is 14.5. The van der Waals surface area contributed by atoms with Gasteiger partial charge in [0.05, 0.1) is 0 Å². The third kappa shape index (κ3) is 1.75. The van der Waals surface area contributed by atoms with Crippen LogP contribution < -0.4 is 5.73 Å². The van der Waals surface area contributed by atoms with Crippen molar-refractivity contribution in [3.8, 4) is 0 Å². The molecule has 1 heteroatoms. The van der Waals surface area contributed by atoms with E-state index in [-0.39, 0.29) is 0 Å². The number of hydrogen-bond acceptors (Lipinski definition) is 1. The second kappa shape index (κ2) is 4.03. The number of hydrogen-bond donors (Lipinski definition) is 1. The average molecular weight is 199 g/mol. The van der Waals surface area contributed by atoms with Gasteiger partial charge in [-0.3, -0.25) is 0 Å². The Morgan fingerprint density at radius 1 is 1.13 bits per heavy atom. The Balaban J connectivity index is 2.74. The zero-order valence-corrected chi connectivity index (χ0v) is 9.33. The van der Waals surface area contributed by atoms with Crippen molar-refractivity contribution < 1.29 is 0 Å². The Bertz CT molecular complexity index is 468. The first-order valence-corrected chi connectivity index (χ1v) is 5.42. The van der Waals surface area contributed by atoms with Crippen LogP contribution in [0.25, 0.3) is 10.8 Å². The highest BCUT2D eigenvalue weighted by Gasteiger charge is 2.08. The van der Waals surface area contributed by atoms with Gasteiger partial charge >= 0.3 is 0 Å². The van der Waals surface area contributed by atoms with Crippen molar-refractivity contribution >= 4 is 10.8 Å². The van der Waals surface area contributed by atoms with Crippen LogP contribution in [0.5, 0.6) is 0 Å². The van der Waals surface area contributed by atoms with Gasteiger partial charge in [-0.1, -0.05) is 43.3 Å². The molecule has 1 atom stereocenters. The summed E-state index contributed by atoms with van der Waals surface area (Å²) < 4.78 is 0. The summed E-state index contributed by atoms with van der Waals surface area (Å²) in [5.74, 6) is 0.426. The number of aryl methyl sites for hydroxylation is 1. The largest absolute Gasteiger partial charge is 0.330 e. The monoisotopic (exact) mass is 199 g/mol. The number of nitrogens with two attached hydrogens (primary N) is 1. The third-order valence-electron chi connectivity index (χ3n) is 3.03. The second-order valence-corrected chi connectivity index (χ2v) is 4.16. The lowest BCUT2D eigenvalue weighted by atomic mass is 9.92. The highest BCUT2D eigenvalue weighted by Crippen LogP contribution is 2.27. The molecule has 0 amide bonds. The summed E-state index contributed by atoms with van der Waals surface area (Å²) >= 11 is 0. The Morgan fingerprint density at radius 3 is 2.47 bits per heavy atom. The Labute approximate surface area is 90.9 Å². The highest BCUT2D eigenvalue weighted by molar-refractivity contribution is 5.89. The normalized spacial score (nSPS) is 13.0. The summed E-state index contributed by atoms with van der Waals surface area (Å²) in [7, 11) is 0. The van der Waals surface area contributed by atoms with Gasteiger partial charge in [0, 0.05) is 0 Å². The van der Waals surface area contributed by atoms with Crippen molar-refractivity contribution in [2.24, 2.45) is 5.73 Å². The maximum Gasteiger partial charge on any atom is -0.00107 e. The standard InChI is InChI=1S/C14H17N/c1-10-5-3-6-12-7-4-8-13(14(10)12)11(2)9-15/h3-8,11H,9,15H2,1-2H3. The van der Waals surface area contributed by atoms with E-state index in [1.54, 1.807) is 0 Å². The smallest absolute Gasteiger partial charge is 0.00107 e. The zero-order valence-electron chi connectivity index (χ0n) is 9.33. The Kier molecular flexibility index (Phi) is 2.74. The first-order chi connectivity index (χ1) is 7.24. The van der Waals surface area contributed by atoms with Crippen LogP contribution in [0, 0.1) is 6.92 Å². The molecule has 0 aliphatic rings. The molecular formula is C14H17N. The fourth-order valence-electron chi connectivity index (χ4n) is 2.10. The van der Waals surface area contributed by atoms with Gasteiger partial charge in [-0.2, -0.15) is 0 Å². The molecule has 2 aromatic rings. The minimum absolute atomic E-state index is 0.426. The molecule has 0 heterocycles. The van der Waals surface area contributed by atoms with Crippen LogP contribution in [0.15, 0.2) is 36.4 Å². The fraction of sp³-hybridized carbons (Fsp3) is 0.286.